The van der Waals surface area contributed by atoms with Crippen LogP contribution in [0, 0.1) is 10.1 Å². The summed E-state index contributed by atoms with van der Waals surface area (Å²) >= 11 is 1.10. The SMILES string of the molecule is CCOc1ccc(OCCOC(=O)c2cc([N+](=O)[O-])ccc2Sc2nnnn2C)cc1. The van der Waals surface area contributed by atoms with Crippen LogP contribution in [-0.2, 0) is 11.8 Å². The van der Waals surface area contributed by atoms with Gasteiger partial charge in [0.25, 0.3) is 5.69 Å². The number of aryl methyl sites for hydroxylation is 1. The van der Waals surface area contributed by atoms with Crippen LogP contribution >= 0.6 is 11.8 Å². The Balaban J connectivity index is 1.63. The lowest BCUT2D eigenvalue weighted by atomic mass is 10.2. The van der Waals surface area contributed by atoms with Gasteiger partial charge in [-0.3, -0.25) is 10.1 Å². The van der Waals surface area contributed by atoms with Crippen molar-refractivity contribution in [3.63, 3.8) is 0 Å². The Labute approximate surface area is 181 Å². The molecule has 0 fully saturated rings. The highest BCUT2D eigenvalue weighted by molar-refractivity contribution is 7.99. The fourth-order valence-electron chi connectivity index (χ4n) is 2.46. The van der Waals surface area contributed by atoms with Gasteiger partial charge in [-0.15, -0.1) is 5.10 Å². The summed E-state index contributed by atoms with van der Waals surface area (Å²) in [5, 5.41) is 22.6. The Kier molecular flexibility index (Phi) is 7.38. The zero-order valence-corrected chi connectivity index (χ0v) is 17.6. The minimum atomic E-state index is -0.711. The Morgan fingerprint density at radius 1 is 1.13 bits per heavy atom. The second-order valence-corrected chi connectivity index (χ2v) is 7.02. The molecule has 12 heteroatoms. The van der Waals surface area contributed by atoms with Crippen molar-refractivity contribution >= 4 is 23.4 Å². The van der Waals surface area contributed by atoms with E-state index in [0.29, 0.717) is 22.4 Å². The number of esters is 1. The molecule has 0 saturated heterocycles. The highest BCUT2D eigenvalue weighted by Gasteiger charge is 2.20. The number of nitro benzene ring substituents is 1. The van der Waals surface area contributed by atoms with Crippen molar-refractivity contribution in [1.29, 1.82) is 0 Å². The van der Waals surface area contributed by atoms with Crippen LogP contribution in [0.4, 0.5) is 5.69 Å². The van der Waals surface area contributed by atoms with E-state index in [4.69, 9.17) is 14.2 Å². The van der Waals surface area contributed by atoms with E-state index in [1.54, 1.807) is 31.3 Å². The molecule has 0 bridgehead atoms. The average Bonchev–Trinajstić information content (AvgIpc) is 3.17. The predicted molar refractivity (Wildman–Crippen MR) is 109 cm³/mol. The highest BCUT2D eigenvalue weighted by Crippen LogP contribution is 2.31. The molecule has 1 aromatic heterocycles. The lowest BCUT2D eigenvalue weighted by Gasteiger charge is -2.10. The van der Waals surface area contributed by atoms with Crippen molar-refractivity contribution in [2.24, 2.45) is 7.05 Å². The molecule has 1 heterocycles. The molecule has 0 unspecified atom stereocenters. The smallest absolute Gasteiger partial charge is 0.339 e. The molecule has 3 aromatic rings. The number of ether oxygens (including phenoxy) is 3. The van der Waals surface area contributed by atoms with Crippen molar-refractivity contribution in [3.8, 4) is 11.5 Å². The number of hydrogen-bond acceptors (Lipinski definition) is 10. The summed E-state index contributed by atoms with van der Waals surface area (Å²) in [5.74, 6) is 0.618. The third-order valence-corrected chi connectivity index (χ3v) is 5.00. The molecule has 0 N–H and O–H groups in total. The molecule has 0 radical (unpaired) electrons. The van der Waals surface area contributed by atoms with Crippen LogP contribution in [0.5, 0.6) is 11.5 Å². The number of tetrazole rings is 1. The Bertz CT molecular complexity index is 1060. The third-order valence-electron chi connectivity index (χ3n) is 3.90. The monoisotopic (exact) mass is 445 g/mol. The highest BCUT2D eigenvalue weighted by atomic mass is 32.2. The molecule has 0 aliphatic rings. The summed E-state index contributed by atoms with van der Waals surface area (Å²) in [6, 6.07) is 11.0. The number of nitrogens with zero attached hydrogens (tertiary/aromatic N) is 5. The number of benzene rings is 2. The first-order chi connectivity index (χ1) is 15.0. The Hall–Kier alpha value is -3.67. The maximum atomic E-state index is 12.6. The maximum absolute atomic E-state index is 12.6. The van der Waals surface area contributed by atoms with Crippen LogP contribution in [0.25, 0.3) is 0 Å². The number of nitro groups is 1. The normalized spacial score (nSPS) is 10.5. The van der Waals surface area contributed by atoms with Crippen LogP contribution < -0.4 is 9.47 Å². The standard InChI is InChI=1S/C19H19N5O6S/c1-3-28-14-5-7-15(8-6-14)29-10-11-30-18(25)16-12-13(24(26)27)4-9-17(16)31-19-20-21-22-23(19)2/h4-9,12H,3,10-11H2,1-2H3. The summed E-state index contributed by atoms with van der Waals surface area (Å²) in [7, 11) is 1.64. The predicted octanol–water partition coefficient (Wildman–Crippen LogP) is 2.90. The van der Waals surface area contributed by atoms with E-state index < -0.39 is 10.9 Å². The molecule has 0 atom stereocenters. The fourth-order valence-corrected chi connectivity index (χ4v) is 3.29. The van der Waals surface area contributed by atoms with Gasteiger partial charge in [-0.2, -0.15) is 0 Å². The molecule has 11 nitrogen and oxygen atoms in total. The van der Waals surface area contributed by atoms with E-state index in [1.807, 2.05) is 6.92 Å². The summed E-state index contributed by atoms with van der Waals surface area (Å²) in [6.45, 7) is 2.55. The summed E-state index contributed by atoms with van der Waals surface area (Å²) in [6.07, 6.45) is 0. The molecule has 0 saturated carbocycles. The van der Waals surface area contributed by atoms with Crippen LogP contribution in [0.1, 0.15) is 17.3 Å². The summed E-state index contributed by atoms with van der Waals surface area (Å²) in [4.78, 5) is 23.6. The molecule has 0 aliphatic carbocycles. The van der Waals surface area contributed by atoms with E-state index in [2.05, 4.69) is 15.5 Å². The molecule has 0 aliphatic heterocycles. The van der Waals surface area contributed by atoms with Crippen LogP contribution in [0.2, 0.25) is 0 Å². The number of rotatable bonds is 10. The minimum Gasteiger partial charge on any atom is -0.494 e. The van der Waals surface area contributed by atoms with E-state index in [9.17, 15) is 14.9 Å². The van der Waals surface area contributed by atoms with Crippen LogP contribution in [0.15, 0.2) is 52.5 Å². The molecule has 3 rings (SSSR count). The first-order valence-electron chi connectivity index (χ1n) is 9.19. The number of non-ortho nitro benzene ring substituents is 1. The first kappa shape index (κ1) is 22.0. The number of aromatic nitrogens is 4. The minimum absolute atomic E-state index is 0.0373. The van der Waals surface area contributed by atoms with Gasteiger partial charge in [0.2, 0.25) is 5.16 Å². The number of carbonyl (C=O) groups is 1. The second kappa shape index (κ2) is 10.4. The third kappa shape index (κ3) is 5.92. The van der Waals surface area contributed by atoms with Gasteiger partial charge in [0.15, 0.2) is 0 Å². The van der Waals surface area contributed by atoms with E-state index in [0.717, 1.165) is 17.5 Å². The van der Waals surface area contributed by atoms with Crippen molar-refractivity contribution in [1.82, 2.24) is 20.2 Å². The van der Waals surface area contributed by atoms with Crippen molar-refractivity contribution in [2.45, 2.75) is 17.0 Å². The molecular weight excluding hydrogens is 426 g/mol. The quantitative estimate of drug-likeness (QED) is 0.199. The zero-order chi connectivity index (χ0) is 22.2. The topological polar surface area (TPSA) is 132 Å². The van der Waals surface area contributed by atoms with Gasteiger partial charge < -0.3 is 14.2 Å². The van der Waals surface area contributed by atoms with E-state index >= 15 is 0 Å². The van der Waals surface area contributed by atoms with E-state index in [1.165, 1.54) is 22.9 Å². The lowest BCUT2D eigenvalue weighted by Crippen LogP contribution is -2.13. The second-order valence-electron chi connectivity index (χ2n) is 6.01. The van der Waals surface area contributed by atoms with Gasteiger partial charge in [0.05, 0.1) is 17.1 Å². The molecule has 0 amide bonds. The molecule has 162 valence electrons. The van der Waals surface area contributed by atoms with Crippen LogP contribution in [-0.4, -0.2) is 50.9 Å². The largest absolute Gasteiger partial charge is 0.494 e. The van der Waals surface area contributed by atoms with Crippen molar-refractivity contribution in [2.75, 3.05) is 19.8 Å². The first-order valence-corrected chi connectivity index (χ1v) is 10.0. The summed E-state index contributed by atoms with van der Waals surface area (Å²) in [5.41, 5.74) is -0.179. The van der Waals surface area contributed by atoms with Gasteiger partial charge in [-0.05, 0) is 59.4 Å². The Morgan fingerprint density at radius 3 is 2.45 bits per heavy atom. The average molecular weight is 445 g/mol. The van der Waals surface area contributed by atoms with Gasteiger partial charge in [0, 0.05) is 24.1 Å². The molecule has 31 heavy (non-hydrogen) atoms. The maximum Gasteiger partial charge on any atom is 0.339 e. The van der Waals surface area contributed by atoms with Crippen molar-refractivity contribution < 1.29 is 23.9 Å². The molecule has 2 aromatic carbocycles. The van der Waals surface area contributed by atoms with Gasteiger partial charge >= 0.3 is 5.97 Å². The zero-order valence-electron chi connectivity index (χ0n) is 16.8. The molecular formula is C19H19N5O6S. The van der Waals surface area contributed by atoms with Gasteiger partial charge in [-0.25, -0.2) is 9.48 Å². The fraction of sp³-hybridized carbons (Fsp3) is 0.263. The van der Waals surface area contributed by atoms with Gasteiger partial charge in [0.1, 0.15) is 24.7 Å². The lowest BCUT2D eigenvalue weighted by molar-refractivity contribution is -0.384. The number of hydrogen-bond donors (Lipinski definition) is 0. The molecule has 0 spiro atoms. The van der Waals surface area contributed by atoms with Crippen molar-refractivity contribution in [3.05, 3.63) is 58.1 Å². The number of carbonyl (C=O) groups excluding carboxylic acids is 1. The Morgan fingerprint density at radius 2 is 1.84 bits per heavy atom. The van der Waals surface area contributed by atoms with E-state index in [-0.39, 0.29) is 24.5 Å². The summed E-state index contributed by atoms with van der Waals surface area (Å²) < 4.78 is 17.6. The van der Waals surface area contributed by atoms with Gasteiger partial charge in [-0.1, -0.05) is 0 Å². The van der Waals surface area contributed by atoms with Crippen LogP contribution in [0.3, 0.4) is 0 Å².